The van der Waals surface area contributed by atoms with Crippen molar-refractivity contribution >= 4 is 0 Å². The Bertz CT molecular complexity index is 171. The fourth-order valence-electron chi connectivity index (χ4n) is 2.48. The van der Waals surface area contributed by atoms with Gasteiger partial charge >= 0.3 is 0 Å². The van der Waals surface area contributed by atoms with E-state index in [9.17, 15) is 0 Å². The van der Waals surface area contributed by atoms with Crippen molar-refractivity contribution in [2.24, 2.45) is 11.8 Å². The van der Waals surface area contributed by atoms with Crippen LogP contribution in [0.5, 0.6) is 0 Å². The summed E-state index contributed by atoms with van der Waals surface area (Å²) in [6.45, 7) is 5.38. The predicted octanol–water partition coefficient (Wildman–Crippen LogP) is 1.03. The average molecular weight is 183 g/mol. The number of nitrogens with zero attached hydrogens (tertiary/aromatic N) is 2. The van der Waals surface area contributed by atoms with Crippen LogP contribution >= 0.6 is 0 Å². The molecule has 0 bridgehead atoms. The molecule has 0 unspecified atom stereocenters. The molecule has 2 aliphatic rings. The van der Waals surface area contributed by atoms with E-state index in [1.165, 1.54) is 39.0 Å². The molecule has 0 aromatic rings. The molecule has 2 atom stereocenters. The fourth-order valence-corrected chi connectivity index (χ4v) is 2.48. The van der Waals surface area contributed by atoms with Crippen LogP contribution in [-0.2, 0) is 0 Å². The first-order valence-corrected chi connectivity index (χ1v) is 5.57. The number of likely N-dealkylation sites (tertiary alicyclic amines) is 1. The van der Waals surface area contributed by atoms with E-state index in [0.717, 1.165) is 16.3 Å². The second-order valence-corrected chi connectivity index (χ2v) is 5.87. The summed E-state index contributed by atoms with van der Waals surface area (Å²) in [6.07, 6.45) is 3.01. The van der Waals surface area contributed by atoms with Gasteiger partial charge in [0.25, 0.3) is 0 Å². The molecule has 1 heterocycles. The Morgan fingerprint density at radius 1 is 1.08 bits per heavy atom. The van der Waals surface area contributed by atoms with Gasteiger partial charge in [0.05, 0.1) is 27.7 Å². The van der Waals surface area contributed by atoms with Gasteiger partial charge in [-0.3, -0.25) is 4.90 Å². The first-order chi connectivity index (χ1) is 6.04. The van der Waals surface area contributed by atoms with Crippen molar-refractivity contribution in [3.05, 3.63) is 0 Å². The molecule has 2 heteroatoms. The van der Waals surface area contributed by atoms with Crippen molar-refractivity contribution in [1.29, 1.82) is 0 Å². The molecular weight excluding hydrogens is 160 g/mol. The first-order valence-electron chi connectivity index (χ1n) is 5.57. The third-order valence-electron chi connectivity index (χ3n) is 3.65. The highest BCUT2D eigenvalue weighted by atomic mass is 15.3. The summed E-state index contributed by atoms with van der Waals surface area (Å²) in [6, 6.07) is 0. The molecule has 0 aromatic carbocycles. The second kappa shape index (κ2) is 3.25. The van der Waals surface area contributed by atoms with Crippen molar-refractivity contribution in [1.82, 2.24) is 4.90 Å². The minimum absolute atomic E-state index is 1.08. The molecule has 0 spiro atoms. The first kappa shape index (κ1) is 9.47. The molecule has 0 aromatic heterocycles. The molecule has 2 nitrogen and oxygen atoms in total. The van der Waals surface area contributed by atoms with Crippen molar-refractivity contribution in [2.45, 2.75) is 12.8 Å². The maximum absolute atomic E-state index is 2.67. The van der Waals surface area contributed by atoms with Gasteiger partial charge in [-0.05, 0) is 24.7 Å². The molecule has 1 aliphatic carbocycles. The Hall–Kier alpha value is -0.0800. The highest BCUT2D eigenvalue weighted by Gasteiger charge is 2.39. The van der Waals surface area contributed by atoms with Crippen LogP contribution in [0.2, 0.25) is 0 Å². The third-order valence-corrected chi connectivity index (χ3v) is 3.65. The van der Waals surface area contributed by atoms with Crippen LogP contribution in [0, 0.1) is 11.8 Å². The number of fused-ring (bicyclic) bond motifs is 1. The Labute approximate surface area is 82.1 Å². The molecule has 76 valence electrons. The van der Waals surface area contributed by atoms with E-state index in [2.05, 4.69) is 26.0 Å². The molecule has 0 amide bonds. The minimum atomic E-state index is 1.08. The van der Waals surface area contributed by atoms with E-state index in [1.807, 2.05) is 0 Å². The fraction of sp³-hybridized carbons (Fsp3) is 1.00. The van der Waals surface area contributed by atoms with E-state index < -0.39 is 0 Å². The summed E-state index contributed by atoms with van der Waals surface area (Å²) in [5.74, 6) is 2.15. The maximum Gasteiger partial charge on any atom is 0.0909 e. The average Bonchev–Trinajstić information content (AvgIpc) is 2.24. The molecule has 2 rings (SSSR count). The van der Waals surface area contributed by atoms with Crippen LogP contribution in [0.25, 0.3) is 0 Å². The van der Waals surface area contributed by atoms with Gasteiger partial charge in [-0.2, -0.15) is 0 Å². The van der Waals surface area contributed by atoms with Gasteiger partial charge in [0.2, 0.25) is 0 Å². The zero-order chi connectivity index (χ0) is 9.47. The molecule has 0 radical (unpaired) electrons. The number of likely N-dealkylation sites (N-methyl/N-ethyl adjacent to an activating group) is 1. The van der Waals surface area contributed by atoms with E-state index in [4.69, 9.17) is 0 Å². The van der Waals surface area contributed by atoms with Crippen LogP contribution in [0.3, 0.4) is 0 Å². The van der Waals surface area contributed by atoms with E-state index in [0.29, 0.717) is 0 Å². The van der Waals surface area contributed by atoms with Gasteiger partial charge in [-0.15, -0.1) is 0 Å². The normalized spacial score (nSPS) is 34.4. The molecule has 13 heavy (non-hydrogen) atoms. The summed E-state index contributed by atoms with van der Waals surface area (Å²) in [5, 5.41) is 0. The summed E-state index contributed by atoms with van der Waals surface area (Å²) in [5.41, 5.74) is 0. The molecule has 2 fully saturated rings. The SMILES string of the molecule is C[N+](C)(C)CCN1C[C@H]2CC[C@@H]2C1. The molecule has 1 aliphatic heterocycles. The topological polar surface area (TPSA) is 3.24 Å². The summed E-state index contributed by atoms with van der Waals surface area (Å²) >= 11 is 0. The second-order valence-electron chi connectivity index (χ2n) is 5.87. The Morgan fingerprint density at radius 2 is 1.62 bits per heavy atom. The lowest BCUT2D eigenvalue weighted by molar-refractivity contribution is -0.869. The lowest BCUT2D eigenvalue weighted by Crippen LogP contribution is -2.41. The van der Waals surface area contributed by atoms with E-state index in [1.54, 1.807) is 0 Å². The summed E-state index contributed by atoms with van der Waals surface area (Å²) < 4.78 is 1.10. The summed E-state index contributed by atoms with van der Waals surface area (Å²) in [4.78, 5) is 2.67. The van der Waals surface area contributed by atoms with Crippen molar-refractivity contribution < 1.29 is 4.48 Å². The highest BCUT2D eigenvalue weighted by Crippen LogP contribution is 2.40. The van der Waals surface area contributed by atoms with E-state index >= 15 is 0 Å². The lowest BCUT2D eigenvalue weighted by Gasteiger charge is -2.28. The standard InChI is InChI=1S/C11H23N2/c1-13(2,3)7-6-12-8-10-4-5-11(10)9-12/h10-11H,4-9H2,1-3H3/q+1/t10-,11-/m1/s1. The quantitative estimate of drug-likeness (QED) is 0.591. The number of hydrogen-bond acceptors (Lipinski definition) is 1. The van der Waals surface area contributed by atoms with Gasteiger partial charge in [0, 0.05) is 19.6 Å². The predicted molar refractivity (Wildman–Crippen MR) is 55.6 cm³/mol. The van der Waals surface area contributed by atoms with Gasteiger partial charge in [0.15, 0.2) is 0 Å². The van der Waals surface area contributed by atoms with Crippen LogP contribution in [0.15, 0.2) is 0 Å². The molecular formula is C11H23N2+. The monoisotopic (exact) mass is 183 g/mol. The Kier molecular flexibility index (Phi) is 2.37. The van der Waals surface area contributed by atoms with Gasteiger partial charge in [-0.1, -0.05) is 0 Å². The largest absolute Gasteiger partial charge is 0.330 e. The zero-order valence-corrected chi connectivity index (χ0v) is 9.29. The lowest BCUT2D eigenvalue weighted by atomic mass is 9.77. The third kappa shape index (κ3) is 2.23. The Morgan fingerprint density at radius 3 is 2.00 bits per heavy atom. The van der Waals surface area contributed by atoms with Crippen LogP contribution < -0.4 is 0 Å². The van der Waals surface area contributed by atoms with Crippen LogP contribution in [-0.4, -0.2) is 56.7 Å². The van der Waals surface area contributed by atoms with Crippen molar-refractivity contribution in [3.8, 4) is 0 Å². The minimum Gasteiger partial charge on any atom is -0.330 e. The molecule has 1 saturated carbocycles. The van der Waals surface area contributed by atoms with Crippen LogP contribution in [0.4, 0.5) is 0 Å². The Balaban J connectivity index is 1.72. The molecule has 0 N–H and O–H groups in total. The number of quaternary nitrogens is 1. The van der Waals surface area contributed by atoms with E-state index in [-0.39, 0.29) is 0 Å². The van der Waals surface area contributed by atoms with Gasteiger partial charge in [-0.25, -0.2) is 0 Å². The highest BCUT2D eigenvalue weighted by molar-refractivity contribution is 4.91. The smallest absolute Gasteiger partial charge is 0.0909 e. The van der Waals surface area contributed by atoms with Crippen molar-refractivity contribution in [2.75, 3.05) is 47.3 Å². The summed E-state index contributed by atoms with van der Waals surface area (Å²) in [7, 11) is 6.85. The molecule has 1 saturated heterocycles. The number of rotatable bonds is 3. The number of hydrogen-bond donors (Lipinski definition) is 0. The van der Waals surface area contributed by atoms with Crippen molar-refractivity contribution in [3.63, 3.8) is 0 Å². The van der Waals surface area contributed by atoms with Gasteiger partial charge in [0.1, 0.15) is 0 Å². The van der Waals surface area contributed by atoms with Gasteiger partial charge < -0.3 is 4.48 Å². The zero-order valence-electron chi connectivity index (χ0n) is 9.29. The van der Waals surface area contributed by atoms with Crippen LogP contribution in [0.1, 0.15) is 12.8 Å². The maximum atomic E-state index is 2.67.